The van der Waals surface area contributed by atoms with Gasteiger partial charge in [-0.3, -0.25) is 24.3 Å². The Morgan fingerprint density at radius 2 is 1.86 bits per heavy atom. The van der Waals surface area contributed by atoms with Crippen LogP contribution < -0.4 is 16.0 Å². The van der Waals surface area contributed by atoms with Crippen molar-refractivity contribution < 1.29 is 23.7 Å². The number of aromatic nitrogens is 1. The van der Waals surface area contributed by atoms with E-state index in [1.165, 1.54) is 17.0 Å². The van der Waals surface area contributed by atoms with Crippen molar-refractivity contribution in [3.05, 3.63) is 63.1 Å². The number of nitro benzene ring substituents is 1. The molecule has 1 saturated heterocycles. The summed E-state index contributed by atoms with van der Waals surface area (Å²) >= 11 is 0. The van der Waals surface area contributed by atoms with E-state index in [1.54, 1.807) is 19.1 Å². The summed E-state index contributed by atoms with van der Waals surface area (Å²) in [7, 11) is 0. The first-order valence-electron chi connectivity index (χ1n) is 11.1. The number of amides is 2. The van der Waals surface area contributed by atoms with Gasteiger partial charge in [0.25, 0.3) is 5.69 Å². The lowest BCUT2D eigenvalue weighted by Crippen LogP contribution is -2.40. The number of benzene rings is 2. The van der Waals surface area contributed by atoms with Gasteiger partial charge in [0.1, 0.15) is 6.54 Å². The summed E-state index contributed by atoms with van der Waals surface area (Å²) in [6.07, 6.45) is 0. The minimum absolute atomic E-state index is 0.0123. The molecule has 1 N–H and O–H groups in total. The van der Waals surface area contributed by atoms with Crippen LogP contribution in [0.5, 0.6) is 0 Å². The predicted octanol–water partition coefficient (Wildman–Crippen LogP) is 1.83. The van der Waals surface area contributed by atoms with E-state index in [-0.39, 0.29) is 42.3 Å². The number of fused-ring (bicyclic) bond motifs is 1. The Morgan fingerprint density at radius 1 is 1.14 bits per heavy atom. The number of carbonyl (C=O) groups excluding carboxylic acids is 2. The van der Waals surface area contributed by atoms with Crippen molar-refractivity contribution in [2.45, 2.75) is 13.5 Å². The second kappa shape index (κ2) is 10.4. The summed E-state index contributed by atoms with van der Waals surface area (Å²) in [6.45, 7) is 4.40. The molecule has 184 valence electrons. The second-order valence-electron chi connectivity index (χ2n) is 7.97. The van der Waals surface area contributed by atoms with Crippen molar-refractivity contribution >= 4 is 40.0 Å². The number of anilines is 2. The SMILES string of the molecule is CCN(CC(=O)Nc1ccc(N2CCOCC2)cc1)C(=O)Cn1c(=O)oc2cc([N+](=O)[O-])ccc21. The topological polar surface area (TPSA) is 140 Å². The lowest BCUT2D eigenvalue weighted by atomic mass is 10.2. The fourth-order valence-corrected chi connectivity index (χ4v) is 3.88. The maximum Gasteiger partial charge on any atom is 0.420 e. The number of morpholine rings is 1. The third-order valence-corrected chi connectivity index (χ3v) is 5.75. The Bertz CT molecular complexity index is 1290. The molecule has 4 rings (SSSR count). The molecule has 0 aliphatic carbocycles. The summed E-state index contributed by atoms with van der Waals surface area (Å²) in [5, 5.41) is 13.7. The third kappa shape index (κ3) is 5.49. The molecule has 1 aromatic heterocycles. The fourth-order valence-electron chi connectivity index (χ4n) is 3.88. The van der Waals surface area contributed by atoms with Crippen LogP contribution in [-0.4, -0.2) is 65.6 Å². The van der Waals surface area contributed by atoms with Gasteiger partial charge >= 0.3 is 5.76 Å². The fraction of sp³-hybridized carbons (Fsp3) is 0.348. The van der Waals surface area contributed by atoms with Gasteiger partial charge in [-0.15, -0.1) is 0 Å². The number of non-ortho nitro benzene ring substituents is 1. The van der Waals surface area contributed by atoms with Crippen LogP contribution >= 0.6 is 0 Å². The molecule has 1 aliphatic heterocycles. The van der Waals surface area contributed by atoms with Gasteiger partial charge in [0.05, 0.1) is 36.3 Å². The maximum atomic E-state index is 12.8. The summed E-state index contributed by atoms with van der Waals surface area (Å²) < 4.78 is 11.5. The van der Waals surface area contributed by atoms with E-state index in [1.807, 2.05) is 12.1 Å². The van der Waals surface area contributed by atoms with Crippen molar-refractivity contribution in [2.75, 3.05) is 49.6 Å². The summed E-state index contributed by atoms with van der Waals surface area (Å²) in [5.74, 6) is -1.65. The zero-order chi connectivity index (χ0) is 24.9. The van der Waals surface area contributed by atoms with Gasteiger partial charge < -0.3 is 24.3 Å². The Morgan fingerprint density at radius 3 is 2.51 bits per heavy atom. The highest BCUT2D eigenvalue weighted by molar-refractivity contribution is 5.94. The third-order valence-electron chi connectivity index (χ3n) is 5.75. The number of nitrogens with one attached hydrogen (secondary N) is 1. The smallest absolute Gasteiger partial charge is 0.407 e. The van der Waals surface area contributed by atoms with Crippen molar-refractivity contribution in [1.29, 1.82) is 0 Å². The molecular weight excluding hydrogens is 458 g/mol. The van der Waals surface area contributed by atoms with E-state index in [4.69, 9.17) is 9.15 Å². The number of ether oxygens (including phenoxy) is 1. The molecule has 12 nitrogen and oxygen atoms in total. The molecule has 35 heavy (non-hydrogen) atoms. The van der Waals surface area contributed by atoms with E-state index in [9.17, 15) is 24.5 Å². The van der Waals surface area contributed by atoms with Gasteiger partial charge in [-0.1, -0.05) is 0 Å². The minimum atomic E-state index is -0.810. The highest BCUT2D eigenvalue weighted by Crippen LogP contribution is 2.21. The van der Waals surface area contributed by atoms with Crippen LogP contribution in [0.25, 0.3) is 11.1 Å². The highest BCUT2D eigenvalue weighted by Gasteiger charge is 2.21. The molecule has 0 atom stereocenters. The molecule has 3 aromatic rings. The van der Waals surface area contributed by atoms with Gasteiger partial charge in [-0.25, -0.2) is 4.79 Å². The molecule has 1 aliphatic rings. The number of nitrogens with zero attached hydrogens (tertiary/aromatic N) is 4. The number of oxazole rings is 1. The van der Waals surface area contributed by atoms with Gasteiger partial charge in [0, 0.05) is 37.1 Å². The molecule has 0 radical (unpaired) electrons. The number of carbonyl (C=O) groups is 2. The lowest BCUT2D eigenvalue weighted by molar-refractivity contribution is -0.384. The molecule has 0 unspecified atom stereocenters. The molecule has 2 amide bonds. The van der Waals surface area contributed by atoms with Crippen LogP contribution in [0.1, 0.15) is 6.92 Å². The number of hydrogen-bond donors (Lipinski definition) is 1. The monoisotopic (exact) mass is 483 g/mol. The predicted molar refractivity (Wildman–Crippen MR) is 127 cm³/mol. The first-order valence-corrected chi connectivity index (χ1v) is 11.1. The standard InChI is InChI=1S/C23H25N5O7/c1-2-25(14-21(29)24-16-3-5-17(6-4-16)26-9-11-34-12-10-26)22(30)15-27-19-8-7-18(28(32)33)13-20(19)35-23(27)31/h3-8,13H,2,9-12,14-15H2,1H3,(H,24,29). The van der Waals surface area contributed by atoms with E-state index in [0.29, 0.717) is 18.9 Å². The van der Waals surface area contributed by atoms with Crippen LogP contribution in [0.4, 0.5) is 17.1 Å². The molecule has 2 aromatic carbocycles. The summed E-state index contributed by atoms with van der Waals surface area (Å²) in [5.41, 5.74) is 1.69. The molecule has 2 heterocycles. The number of nitro groups is 1. The maximum absolute atomic E-state index is 12.8. The summed E-state index contributed by atoms with van der Waals surface area (Å²) in [4.78, 5) is 51.5. The molecule has 0 bridgehead atoms. The second-order valence-corrected chi connectivity index (χ2v) is 7.97. The van der Waals surface area contributed by atoms with Crippen LogP contribution in [-0.2, 0) is 20.9 Å². The van der Waals surface area contributed by atoms with Crippen molar-refractivity contribution in [3.8, 4) is 0 Å². The normalized spacial score (nSPS) is 13.6. The Labute approximate surface area is 199 Å². The molecular formula is C23H25N5O7. The average molecular weight is 483 g/mol. The van der Waals surface area contributed by atoms with E-state index in [0.717, 1.165) is 29.4 Å². The summed E-state index contributed by atoms with van der Waals surface area (Å²) in [6, 6.07) is 11.2. The Balaban J connectivity index is 1.38. The van der Waals surface area contributed by atoms with Crippen molar-refractivity contribution in [3.63, 3.8) is 0 Å². The van der Waals surface area contributed by atoms with Gasteiger partial charge in [-0.05, 0) is 37.3 Å². The first kappa shape index (κ1) is 24.0. The largest absolute Gasteiger partial charge is 0.420 e. The molecule has 0 spiro atoms. The van der Waals surface area contributed by atoms with Gasteiger partial charge in [0.2, 0.25) is 11.8 Å². The Hall–Kier alpha value is -4.19. The van der Waals surface area contributed by atoms with Crippen LogP contribution in [0, 0.1) is 10.1 Å². The van der Waals surface area contributed by atoms with Gasteiger partial charge in [-0.2, -0.15) is 0 Å². The first-order chi connectivity index (χ1) is 16.9. The van der Waals surface area contributed by atoms with Crippen molar-refractivity contribution in [2.24, 2.45) is 0 Å². The van der Waals surface area contributed by atoms with Crippen molar-refractivity contribution in [1.82, 2.24) is 9.47 Å². The van der Waals surface area contributed by atoms with E-state index < -0.39 is 16.6 Å². The van der Waals surface area contributed by atoms with Crippen LogP contribution in [0.2, 0.25) is 0 Å². The molecule has 12 heteroatoms. The number of likely N-dealkylation sites (N-methyl/N-ethyl adjacent to an activating group) is 1. The lowest BCUT2D eigenvalue weighted by Gasteiger charge is -2.29. The zero-order valence-corrected chi connectivity index (χ0v) is 19.1. The van der Waals surface area contributed by atoms with E-state index in [2.05, 4.69) is 10.2 Å². The Kier molecular flexibility index (Phi) is 7.11. The number of hydrogen-bond acceptors (Lipinski definition) is 8. The average Bonchev–Trinajstić information content (AvgIpc) is 3.17. The quantitative estimate of drug-likeness (QED) is 0.378. The number of rotatable bonds is 8. The zero-order valence-electron chi connectivity index (χ0n) is 19.1. The molecule has 1 fully saturated rings. The van der Waals surface area contributed by atoms with Gasteiger partial charge in [0.15, 0.2) is 5.58 Å². The minimum Gasteiger partial charge on any atom is -0.407 e. The highest BCUT2D eigenvalue weighted by atomic mass is 16.6. The van der Waals surface area contributed by atoms with Crippen LogP contribution in [0.3, 0.4) is 0 Å². The van der Waals surface area contributed by atoms with E-state index >= 15 is 0 Å². The van der Waals surface area contributed by atoms with Crippen LogP contribution in [0.15, 0.2) is 51.7 Å². The molecule has 0 saturated carbocycles.